The van der Waals surface area contributed by atoms with Crippen molar-refractivity contribution in [2.24, 2.45) is 0 Å². The fourth-order valence-corrected chi connectivity index (χ4v) is 3.42. The molecule has 0 bridgehead atoms. The van der Waals surface area contributed by atoms with Crippen LogP contribution in [0.1, 0.15) is 0 Å². The molecule has 7 nitrogen and oxygen atoms in total. The second-order valence-electron chi connectivity index (χ2n) is 6.10. The normalized spacial score (nSPS) is 11.1. The number of nitrogens with zero attached hydrogens (tertiary/aromatic N) is 2. The van der Waals surface area contributed by atoms with Crippen LogP contribution in [0, 0.1) is 0 Å². The largest absolute Gasteiger partial charge is 0.493 e. The van der Waals surface area contributed by atoms with Crippen LogP contribution in [0.5, 0.6) is 11.5 Å². The van der Waals surface area contributed by atoms with Gasteiger partial charge in [-0.2, -0.15) is 8.78 Å². The molecule has 0 fully saturated rings. The highest BCUT2D eigenvalue weighted by molar-refractivity contribution is 7.99. The molecule has 1 amide bonds. The number of methoxy groups -OCH3 is 2. The molecule has 0 unspecified atom stereocenters. The Balaban J connectivity index is 1.78. The van der Waals surface area contributed by atoms with Crippen LogP contribution in [-0.2, 0) is 16.1 Å². The van der Waals surface area contributed by atoms with Gasteiger partial charge in [-0.15, -0.1) is 0 Å². The van der Waals surface area contributed by atoms with Gasteiger partial charge in [-0.25, -0.2) is 4.98 Å². The maximum Gasteiger partial charge on any atom is 0.291 e. The van der Waals surface area contributed by atoms with Gasteiger partial charge >= 0.3 is 0 Å². The number of fused-ring (bicyclic) bond motifs is 1. The number of thioether (sulfide) groups is 1. The molecule has 2 aromatic carbocycles. The number of carbonyl (C=O) groups excluding carboxylic acids is 1. The molecule has 10 heteroatoms. The number of alkyl halides is 2. The number of ether oxygens (including phenoxy) is 3. The molecule has 1 N–H and O–H groups in total. The number of anilines is 1. The Hall–Kier alpha value is -2.85. The first-order chi connectivity index (χ1) is 14.5. The summed E-state index contributed by atoms with van der Waals surface area (Å²) in [6.45, 7) is 0.555. The topological polar surface area (TPSA) is 74.6 Å². The van der Waals surface area contributed by atoms with Gasteiger partial charge in [0.05, 0.1) is 24.8 Å². The van der Waals surface area contributed by atoms with Crippen LogP contribution in [0.2, 0.25) is 0 Å². The van der Waals surface area contributed by atoms with Crippen molar-refractivity contribution in [3.63, 3.8) is 0 Å². The molecule has 30 heavy (non-hydrogen) atoms. The number of hydrogen-bond acceptors (Lipinski definition) is 6. The average Bonchev–Trinajstić information content (AvgIpc) is 3.05. The monoisotopic (exact) mass is 437 g/mol. The van der Waals surface area contributed by atoms with Crippen LogP contribution >= 0.6 is 11.8 Å². The standard InChI is InChI=1S/C20H21F2N3O4S/c1-27-9-10-29-17-11-13(7-8-16(17)28-2)23-18(26)12-25-15-6-4-3-5-14(15)24-20(25)30-19(21)22/h3-8,11,19H,9-10,12H2,1-2H3,(H,23,26). The molecule has 3 aromatic rings. The van der Waals surface area contributed by atoms with Crippen molar-refractivity contribution in [2.45, 2.75) is 17.5 Å². The van der Waals surface area contributed by atoms with E-state index in [0.717, 1.165) is 0 Å². The molecule has 0 atom stereocenters. The molecule has 0 aliphatic rings. The van der Waals surface area contributed by atoms with Gasteiger partial charge in [0, 0.05) is 18.9 Å². The Kier molecular flexibility index (Phi) is 7.47. The summed E-state index contributed by atoms with van der Waals surface area (Å²) in [5.41, 5.74) is 1.64. The van der Waals surface area contributed by atoms with E-state index in [-0.39, 0.29) is 17.6 Å². The van der Waals surface area contributed by atoms with E-state index in [0.29, 0.717) is 53.2 Å². The number of para-hydroxylation sites is 2. The van der Waals surface area contributed by atoms with Crippen molar-refractivity contribution in [3.05, 3.63) is 42.5 Å². The second-order valence-corrected chi connectivity index (χ2v) is 7.06. The molecule has 0 spiro atoms. The summed E-state index contributed by atoms with van der Waals surface area (Å²) >= 11 is 0.308. The van der Waals surface area contributed by atoms with Crippen LogP contribution in [-0.4, -0.2) is 48.6 Å². The van der Waals surface area contributed by atoms with E-state index in [1.54, 1.807) is 49.6 Å². The maximum absolute atomic E-state index is 12.9. The zero-order chi connectivity index (χ0) is 21.5. The van der Waals surface area contributed by atoms with Gasteiger partial charge in [0.25, 0.3) is 5.76 Å². The SMILES string of the molecule is COCCOc1cc(NC(=O)Cn2c(SC(F)F)nc3ccccc32)ccc1OC. The Morgan fingerprint density at radius 3 is 2.70 bits per heavy atom. The number of nitrogens with one attached hydrogen (secondary N) is 1. The third kappa shape index (κ3) is 5.39. The summed E-state index contributed by atoms with van der Waals surface area (Å²) in [6.07, 6.45) is 0. The van der Waals surface area contributed by atoms with Gasteiger partial charge in [-0.1, -0.05) is 12.1 Å². The molecule has 0 radical (unpaired) electrons. The van der Waals surface area contributed by atoms with Gasteiger partial charge in [-0.05, 0) is 36.0 Å². The summed E-state index contributed by atoms with van der Waals surface area (Å²) in [7, 11) is 3.08. The molecule has 160 valence electrons. The quantitative estimate of drug-likeness (QED) is 0.381. The van der Waals surface area contributed by atoms with Crippen LogP contribution < -0.4 is 14.8 Å². The summed E-state index contributed by atoms with van der Waals surface area (Å²) in [6, 6.07) is 11.9. The minimum absolute atomic E-state index is 0.0830. The van der Waals surface area contributed by atoms with Crippen LogP contribution in [0.25, 0.3) is 11.0 Å². The number of hydrogen-bond donors (Lipinski definition) is 1. The fourth-order valence-electron chi connectivity index (χ4n) is 2.82. The minimum Gasteiger partial charge on any atom is -0.493 e. The maximum atomic E-state index is 12.9. The summed E-state index contributed by atoms with van der Waals surface area (Å²) in [5.74, 6) is -2.06. The molecule has 0 aliphatic carbocycles. The highest BCUT2D eigenvalue weighted by Gasteiger charge is 2.18. The number of carbonyl (C=O) groups is 1. The summed E-state index contributed by atoms with van der Waals surface area (Å²) in [5, 5.41) is 2.84. The van der Waals surface area contributed by atoms with E-state index in [2.05, 4.69) is 10.3 Å². The zero-order valence-electron chi connectivity index (χ0n) is 16.4. The highest BCUT2D eigenvalue weighted by atomic mass is 32.2. The third-order valence-corrected chi connectivity index (χ3v) is 4.81. The average molecular weight is 437 g/mol. The van der Waals surface area contributed by atoms with Crippen molar-refractivity contribution in [2.75, 3.05) is 32.8 Å². The van der Waals surface area contributed by atoms with E-state index in [1.807, 2.05) is 0 Å². The van der Waals surface area contributed by atoms with Gasteiger partial charge in [-0.3, -0.25) is 4.79 Å². The third-order valence-electron chi connectivity index (χ3n) is 4.11. The molecular formula is C20H21F2N3O4S. The minimum atomic E-state index is -2.64. The van der Waals surface area contributed by atoms with Gasteiger partial charge < -0.3 is 24.1 Å². The number of halogens is 2. The van der Waals surface area contributed by atoms with E-state index < -0.39 is 5.76 Å². The van der Waals surface area contributed by atoms with Crippen LogP contribution in [0.3, 0.4) is 0 Å². The zero-order valence-corrected chi connectivity index (χ0v) is 17.2. The Labute approximate surface area is 176 Å². The first-order valence-corrected chi connectivity index (χ1v) is 9.89. The smallest absolute Gasteiger partial charge is 0.291 e. The van der Waals surface area contributed by atoms with E-state index in [9.17, 15) is 13.6 Å². The van der Waals surface area contributed by atoms with E-state index in [4.69, 9.17) is 14.2 Å². The summed E-state index contributed by atoms with van der Waals surface area (Å²) in [4.78, 5) is 16.8. The van der Waals surface area contributed by atoms with Gasteiger partial charge in [0.1, 0.15) is 13.2 Å². The van der Waals surface area contributed by atoms with Crippen molar-refractivity contribution < 1.29 is 27.8 Å². The molecule has 0 saturated heterocycles. The first kappa shape index (κ1) is 21.8. The highest BCUT2D eigenvalue weighted by Crippen LogP contribution is 2.31. The lowest BCUT2D eigenvalue weighted by molar-refractivity contribution is -0.116. The number of imidazole rings is 1. The van der Waals surface area contributed by atoms with E-state index >= 15 is 0 Å². The molecule has 1 aromatic heterocycles. The van der Waals surface area contributed by atoms with Crippen LogP contribution in [0.4, 0.5) is 14.5 Å². The lowest BCUT2D eigenvalue weighted by Crippen LogP contribution is -2.19. The van der Waals surface area contributed by atoms with Crippen molar-refractivity contribution in [1.29, 1.82) is 0 Å². The van der Waals surface area contributed by atoms with Gasteiger partial charge in [0.15, 0.2) is 16.7 Å². The Morgan fingerprint density at radius 2 is 1.97 bits per heavy atom. The number of benzene rings is 2. The Morgan fingerprint density at radius 1 is 1.17 bits per heavy atom. The van der Waals surface area contributed by atoms with Crippen LogP contribution in [0.15, 0.2) is 47.6 Å². The first-order valence-electron chi connectivity index (χ1n) is 9.01. The lowest BCUT2D eigenvalue weighted by atomic mass is 10.2. The molecule has 1 heterocycles. The van der Waals surface area contributed by atoms with Crippen molar-refractivity contribution in [1.82, 2.24) is 9.55 Å². The fraction of sp³-hybridized carbons (Fsp3) is 0.300. The molecule has 3 rings (SSSR count). The second kappa shape index (κ2) is 10.3. The van der Waals surface area contributed by atoms with Crippen molar-refractivity contribution in [3.8, 4) is 11.5 Å². The van der Waals surface area contributed by atoms with Crippen molar-refractivity contribution >= 4 is 34.4 Å². The predicted octanol–water partition coefficient (Wildman–Crippen LogP) is 4.02. The summed E-state index contributed by atoms with van der Waals surface area (Å²) < 4.78 is 43.2. The lowest BCUT2D eigenvalue weighted by Gasteiger charge is -2.13. The Bertz CT molecular complexity index is 1010. The number of aromatic nitrogens is 2. The number of amides is 1. The van der Waals surface area contributed by atoms with E-state index in [1.165, 1.54) is 11.7 Å². The number of rotatable bonds is 10. The molecule has 0 aliphatic heterocycles. The predicted molar refractivity (Wildman–Crippen MR) is 111 cm³/mol. The van der Waals surface area contributed by atoms with Gasteiger partial charge in [0.2, 0.25) is 5.91 Å². The molecular weight excluding hydrogens is 416 g/mol. The molecule has 0 saturated carbocycles.